The highest BCUT2D eigenvalue weighted by Crippen LogP contribution is 2.19. The van der Waals surface area contributed by atoms with E-state index in [-0.39, 0.29) is 5.75 Å². The summed E-state index contributed by atoms with van der Waals surface area (Å²) in [6.45, 7) is 3.82. The van der Waals surface area contributed by atoms with E-state index in [0.717, 1.165) is 19.4 Å². The summed E-state index contributed by atoms with van der Waals surface area (Å²) < 4.78 is 31.6. The van der Waals surface area contributed by atoms with Gasteiger partial charge in [-0.2, -0.15) is 0 Å². The molecular weight excluding hydrogens is 228 g/mol. The minimum absolute atomic E-state index is 0.170. The zero-order chi connectivity index (χ0) is 12.1. The van der Waals surface area contributed by atoms with Gasteiger partial charge in [0.15, 0.2) is 0 Å². The zero-order valence-corrected chi connectivity index (χ0v) is 10.9. The van der Waals surface area contributed by atoms with Crippen LogP contribution in [0.4, 0.5) is 0 Å². The Morgan fingerprint density at radius 2 is 2.19 bits per heavy atom. The maximum atomic E-state index is 11.8. The molecule has 0 spiro atoms. The molecule has 16 heavy (non-hydrogen) atoms. The van der Waals surface area contributed by atoms with Crippen LogP contribution in [0.2, 0.25) is 0 Å². The monoisotopic (exact) mass is 250 g/mol. The molecule has 5 nitrogen and oxygen atoms in total. The third kappa shape index (κ3) is 4.78. The fraction of sp³-hybridized carbons (Fsp3) is 1.00. The second-order valence-corrected chi connectivity index (χ2v) is 6.44. The number of rotatable bonds is 6. The number of sulfonamides is 1. The van der Waals surface area contributed by atoms with E-state index in [1.54, 1.807) is 0 Å². The molecule has 1 saturated heterocycles. The van der Waals surface area contributed by atoms with Crippen molar-refractivity contribution in [3.05, 3.63) is 0 Å². The molecule has 0 bridgehead atoms. The number of hydrogen-bond donors (Lipinski definition) is 2. The van der Waals surface area contributed by atoms with Crippen LogP contribution in [0.15, 0.2) is 0 Å². The van der Waals surface area contributed by atoms with E-state index < -0.39 is 15.6 Å². The molecule has 1 atom stereocenters. The van der Waals surface area contributed by atoms with Crippen LogP contribution in [0.5, 0.6) is 0 Å². The first-order valence-corrected chi connectivity index (χ1v) is 7.37. The molecule has 1 fully saturated rings. The summed E-state index contributed by atoms with van der Waals surface area (Å²) in [5.74, 6) is 0.170. The van der Waals surface area contributed by atoms with Crippen molar-refractivity contribution in [2.24, 2.45) is 0 Å². The van der Waals surface area contributed by atoms with Crippen LogP contribution in [0.1, 0.15) is 26.2 Å². The van der Waals surface area contributed by atoms with Crippen LogP contribution in [0, 0.1) is 0 Å². The molecule has 1 heterocycles. The van der Waals surface area contributed by atoms with Crippen molar-refractivity contribution in [3.8, 4) is 0 Å². The Morgan fingerprint density at radius 1 is 1.44 bits per heavy atom. The van der Waals surface area contributed by atoms with Gasteiger partial charge < -0.3 is 10.1 Å². The van der Waals surface area contributed by atoms with E-state index in [1.807, 2.05) is 14.0 Å². The van der Waals surface area contributed by atoms with Gasteiger partial charge >= 0.3 is 0 Å². The van der Waals surface area contributed by atoms with Crippen molar-refractivity contribution in [2.75, 3.05) is 32.6 Å². The highest BCUT2D eigenvalue weighted by molar-refractivity contribution is 7.89. The molecule has 2 N–H and O–H groups in total. The molecule has 96 valence electrons. The maximum Gasteiger partial charge on any atom is 0.212 e. The molecule has 1 unspecified atom stereocenters. The van der Waals surface area contributed by atoms with Gasteiger partial charge in [-0.3, -0.25) is 0 Å². The fourth-order valence-corrected chi connectivity index (χ4v) is 3.42. The Balaban J connectivity index is 2.44. The highest BCUT2D eigenvalue weighted by Gasteiger charge is 2.31. The van der Waals surface area contributed by atoms with Gasteiger partial charge in [-0.1, -0.05) is 0 Å². The summed E-state index contributed by atoms with van der Waals surface area (Å²) in [7, 11) is -1.37. The molecule has 0 amide bonds. The van der Waals surface area contributed by atoms with Gasteiger partial charge in [0, 0.05) is 6.61 Å². The second-order valence-electron chi connectivity index (χ2n) is 4.59. The second kappa shape index (κ2) is 5.95. The third-order valence-corrected chi connectivity index (χ3v) is 4.31. The molecular formula is C10H22N2O3S. The lowest BCUT2D eigenvalue weighted by atomic mass is 9.97. The van der Waals surface area contributed by atoms with Gasteiger partial charge in [0.2, 0.25) is 10.0 Å². The molecule has 1 rings (SSSR count). The van der Waals surface area contributed by atoms with Gasteiger partial charge in [-0.25, -0.2) is 13.1 Å². The smallest absolute Gasteiger partial charge is 0.212 e. The lowest BCUT2D eigenvalue weighted by molar-refractivity contribution is 0.0386. The maximum absolute atomic E-state index is 11.8. The molecule has 0 radical (unpaired) electrons. The number of hydrogen-bond acceptors (Lipinski definition) is 4. The average Bonchev–Trinajstić information content (AvgIpc) is 2.17. The lowest BCUT2D eigenvalue weighted by Crippen LogP contribution is -2.52. The molecule has 0 aliphatic carbocycles. The van der Waals surface area contributed by atoms with E-state index in [9.17, 15) is 8.42 Å². The minimum Gasteiger partial charge on any atom is -0.380 e. The predicted octanol–water partition coefficient (Wildman–Crippen LogP) is 0.0844. The quantitative estimate of drug-likeness (QED) is 0.655. The van der Waals surface area contributed by atoms with Crippen LogP contribution >= 0.6 is 0 Å². The first-order chi connectivity index (χ1) is 7.47. The summed E-state index contributed by atoms with van der Waals surface area (Å²) >= 11 is 0. The van der Waals surface area contributed by atoms with Crippen molar-refractivity contribution < 1.29 is 13.2 Å². The van der Waals surface area contributed by atoms with Crippen LogP contribution in [-0.4, -0.2) is 46.5 Å². The van der Waals surface area contributed by atoms with Gasteiger partial charge in [0.05, 0.1) is 17.9 Å². The van der Waals surface area contributed by atoms with Crippen LogP contribution < -0.4 is 10.0 Å². The summed E-state index contributed by atoms with van der Waals surface area (Å²) in [5, 5.41) is 2.94. The summed E-state index contributed by atoms with van der Waals surface area (Å²) in [4.78, 5) is 0. The number of ether oxygens (including phenoxy) is 1. The molecule has 1 aliphatic heterocycles. The SMILES string of the molecule is CNCCCS(=O)(=O)NC1(C)CCCOC1. The molecule has 0 aromatic carbocycles. The zero-order valence-electron chi connectivity index (χ0n) is 10.1. The van der Waals surface area contributed by atoms with E-state index in [0.29, 0.717) is 19.6 Å². The fourth-order valence-electron chi connectivity index (χ4n) is 1.88. The Kier molecular flexibility index (Phi) is 5.17. The van der Waals surface area contributed by atoms with Crippen LogP contribution in [-0.2, 0) is 14.8 Å². The first-order valence-electron chi connectivity index (χ1n) is 5.71. The predicted molar refractivity (Wildman–Crippen MR) is 63.9 cm³/mol. The topological polar surface area (TPSA) is 67.4 Å². The Bertz CT molecular complexity index is 297. The Morgan fingerprint density at radius 3 is 2.75 bits per heavy atom. The summed E-state index contributed by atoms with van der Waals surface area (Å²) in [5.41, 5.74) is -0.420. The van der Waals surface area contributed by atoms with Gasteiger partial charge in [-0.05, 0) is 39.8 Å². The van der Waals surface area contributed by atoms with Crippen molar-refractivity contribution in [3.63, 3.8) is 0 Å². The lowest BCUT2D eigenvalue weighted by Gasteiger charge is -2.33. The van der Waals surface area contributed by atoms with Gasteiger partial charge in [0.1, 0.15) is 0 Å². The normalized spacial score (nSPS) is 26.9. The van der Waals surface area contributed by atoms with Crippen LogP contribution in [0.25, 0.3) is 0 Å². The van der Waals surface area contributed by atoms with Crippen molar-refractivity contribution in [1.29, 1.82) is 0 Å². The van der Waals surface area contributed by atoms with E-state index in [4.69, 9.17) is 4.74 Å². The van der Waals surface area contributed by atoms with E-state index in [1.165, 1.54) is 0 Å². The standard InChI is InChI=1S/C10H22N2O3S/c1-10(5-3-7-15-9-10)12-16(13,14)8-4-6-11-2/h11-12H,3-9H2,1-2H3. The first kappa shape index (κ1) is 13.9. The van der Waals surface area contributed by atoms with Gasteiger partial charge in [0.25, 0.3) is 0 Å². The molecule has 1 aliphatic rings. The minimum atomic E-state index is -3.18. The number of nitrogens with one attached hydrogen (secondary N) is 2. The van der Waals surface area contributed by atoms with Crippen molar-refractivity contribution >= 4 is 10.0 Å². The Hall–Kier alpha value is -0.170. The van der Waals surface area contributed by atoms with E-state index >= 15 is 0 Å². The third-order valence-electron chi connectivity index (χ3n) is 2.68. The Labute approximate surface area is 98.0 Å². The molecule has 6 heteroatoms. The van der Waals surface area contributed by atoms with E-state index in [2.05, 4.69) is 10.0 Å². The summed E-state index contributed by atoms with van der Waals surface area (Å²) in [6, 6.07) is 0. The van der Waals surface area contributed by atoms with Gasteiger partial charge in [-0.15, -0.1) is 0 Å². The van der Waals surface area contributed by atoms with Crippen molar-refractivity contribution in [2.45, 2.75) is 31.7 Å². The highest BCUT2D eigenvalue weighted by atomic mass is 32.2. The van der Waals surface area contributed by atoms with Crippen molar-refractivity contribution in [1.82, 2.24) is 10.0 Å². The van der Waals surface area contributed by atoms with Crippen LogP contribution in [0.3, 0.4) is 0 Å². The average molecular weight is 250 g/mol. The molecule has 0 aromatic rings. The molecule has 0 aromatic heterocycles. The largest absolute Gasteiger partial charge is 0.380 e. The summed E-state index contributed by atoms with van der Waals surface area (Å²) in [6.07, 6.45) is 2.39. The molecule has 0 saturated carbocycles.